The van der Waals surface area contributed by atoms with Gasteiger partial charge in [-0.1, -0.05) is 0 Å². The highest BCUT2D eigenvalue weighted by Crippen LogP contribution is 2.27. The first kappa shape index (κ1) is 16.0. The number of aryl methyl sites for hydroxylation is 1. The molecule has 0 aliphatic carbocycles. The van der Waals surface area contributed by atoms with Gasteiger partial charge >= 0.3 is 6.18 Å². The van der Waals surface area contributed by atoms with Gasteiger partial charge in [0, 0.05) is 19.4 Å². The number of amides is 1. The van der Waals surface area contributed by atoms with Crippen LogP contribution in [0.15, 0.2) is 29.6 Å². The van der Waals surface area contributed by atoms with E-state index in [1.165, 1.54) is 17.9 Å². The van der Waals surface area contributed by atoms with E-state index in [-0.39, 0.29) is 4.90 Å². The zero-order valence-corrected chi connectivity index (χ0v) is 11.9. The number of aromatic nitrogens is 4. The number of sulfonamides is 1. The Morgan fingerprint density at radius 1 is 1.41 bits per heavy atom. The fraction of sp³-hybridized carbons (Fsp3) is 0.300. The second-order valence-electron chi connectivity index (χ2n) is 4.27. The standard InChI is InChI=1S/C10H10F3N5O3S/c1-17-5-7(4-14-17)22(20,21)16-9(19)6-18-3-2-8(15-18)10(11,12)13/h2-5H,6H2,1H3,(H,16,19). The predicted octanol–water partition coefficient (Wildman–Crippen LogP) is 0.140. The van der Waals surface area contributed by atoms with Gasteiger partial charge in [0.25, 0.3) is 15.9 Å². The molecule has 0 spiro atoms. The maximum atomic E-state index is 12.4. The first-order valence-corrected chi connectivity index (χ1v) is 7.21. The van der Waals surface area contributed by atoms with Crippen molar-refractivity contribution < 1.29 is 26.4 Å². The molecule has 0 fully saturated rings. The van der Waals surface area contributed by atoms with Crippen LogP contribution in [0.3, 0.4) is 0 Å². The van der Waals surface area contributed by atoms with Crippen molar-refractivity contribution >= 4 is 15.9 Å². The van der Waals surface area contributed by atoms with Gasteiger partial charge in [-0.05, 0) is 6.07 Å². The largest absolute Gasteiger partial charge is 0.435 e. The molecule has 0 unspecified atom stereocenters. The molecule has 0 aliphatic rings. The molecule has 2 heterocycles. The summed E-state index contributed by atoms with van der Waals surface area (Å²) in [7, 11) is -2.64. The predicted molar refractivity (Wildman–Crippen MR) is 65.8 cm³/mol. The summed E-state index contributed by atoms with van der Waals surface area (Å²) in [5.41, 5.74) is -1.17. The average Bonchev–Trinajstić information content (AvgIpc) is 2.96. The third kappa shape index (κ3) is 3.63. The van der Waals surface area contributed by atoms with Gasteiger partial charge < -0.3 is 0 Å². The van der Waals surface area contributed by atoms with Crippen LogP contribution < -0.4 is 4.72 Å². The lowest BCUT2D eigenvalue weighted by Crippen LogP contribution is -2.33. The van der Waals surface area contributed by atoms with Crippen LogP contribution in [0.25, 0.3) is 0 Å². The lowest BCUT2D eigenvalue weighted by molar-refractivity contribution is -0.141. The van der Waals surface area contributed by atoms with Crippen LogP contribution in [-0.2, 0) is 34.6 Å². The molecule has 8 nitrogen and oxygen atoms in total. The molecular formula is C10H10F3N5O3S. The Morgan fingerprint density at radius 3 is 2.59 bits per heavy atom. The Labute approximate surface area is 122 Å². The molecule has 12 heteroatoms. The summed E-state index contributed by atoms with van der Waals surface area (Å²) < 4.78 is 64.3. The molecule has 1 amide bonds. The van der Waals surface area contributed by atoms with Crippen LogP contribution in [-0.4, -0.2) is 33.9 Å². The Hall–Kier alpha value is -2.37. The lowest BCUT2D eigenvalue weighted by Gasteiger charge is -2.05. The van der Waals surface area contributed by atoms with Crippen LogP contribution in [0.5, 0.6) is 0 Å². The van der Waals surface area contributed by atoms with Gasteiger partial charge in [-0.15, -0.1) is 0 Å². The second-order valence-corrected chi connectivity index (χ2v) is 5.96. The van der Waals surface area contributed by atoms with Crippen molar-refractivity contribution in [1.82, 2.24) is 24.3 Å². The van der Waals surface area contributed by atoms with Crippen molar-refractivity contribution in [3.8, 4) is 0 Å². The molecule has 22 heavy (non-hydrogen) atoms. The minimum atomic E-state index is -4.64. The summed E-state index contributed by atoms with van der Waals surface area (Å²) in [6, 6.07) is 0.683. The first-order chi connectivity index (χ1) is 10.1. The molecule has 120 valence electrons. The van der Waals surface area contributed by atoms with E-state index in [2.05, 4.69) is 10.2 Å². The van der Waals surface area contributed by atoms with Gasteiger partial charge in [-0.2, -0.15) is 23.4 Å². The van der Waals surface area contributed by atoms with Crippen molar-refractivity contribution in [3.63, 3.8) is 0 Å². The normalized spacial score (nSPS) is 12.4. The summed E-state index contributed by atoms with van der Waals surface area (Å²) in [5, 5.41) is 6.80. The van der Waals surface area contributed by atoms with Crippen molar-refractivity contribution in [2.75, 3.05) is 0 Å². The monoisotopic (exact) mass is 337 g/mol. The molecule has 0 bridgehead atoms. The number of halogens is 3. The van der Waals surface area contributed by atoms with E-state index < -0.39 is 34.3 Å². The highest BCUT2D eigenvalue weighted by Gasteiger charge is 2.33. The zero-order valence-electron chi connectivity index (χ0n) is 11.1. The summed E-state index contributed by atoms with van der Waals surface area (Å²) >= 11 is 0. The average molecular weight is 337 g/mol. The van der Waals surface area contributed by atoms with Crippen LogP contribution in [0.1, 0.15) is 5.69 Å². The topological polar surface area (TPSA) is 98.9 Å². The maximum Gasteiger partial charge on any atom is 0.435 e. The molecule has 2 aromatic rings. The Kier molecular flexibility index (Phi) is 3.96. The number of nitrogens with one attached hydrogen (secondary N) is 1. The number of carbonyl (C=O) groups is 1. The van der Waals surface area contributed by atoms with E-state index >= 15 is 0 Å². The zero-order chi connectivity index (χ0) is 16.5. The Bertz CT molecular complexity index is 793. The van der Waals surface area contributed by atoms with Crippen molar-refractivity contribution in [2.24, 2.45) is 7.05 Å². The number of carbonyl (C=O) groups excluding carboxylic acids is 1. The molecule has 0 saturated heterocycles. The SMILES string of the molecule is Cn1cc(S(=O)(=O)NC(=O)Cn2ccc(C(F)(F)F)n2)cn1. The third-order valence-electron chi connectivity index (χ3n) is 2.48. The van der Waals surface area contributed by atoms with Crippen LogP contribution in [0.2, 0.25) is 0 Å². The Morgan fingerprint density at radius 2 is 2.09 bits per heavy atom. The number of alkyl halides is 3. The van der Waals surface area contributed by atoms with E-state index in [1.54, 1.807) is 4.72 Å². The minimum Gasteiger partial charge on any atom is -0.274 e. The van der Waals surface area contributed by atoms with E-state index in [4.69, 9.17) is 0 Å². The molecule has 0 aliphatic heterocycles. The molecule has 0 radical (unpaired) electrons. The molecule has 0 atom stereocenters. The fourth-order valence-corrected chi connectivity index (χ4v) is 2.49. The summed E-state index contributed by atoms with van der Waals surface area (Å²) in [6.07, 6.45) is -1.50. The first-order valence-electron chi connectivity index (χ1n) is 5.73. The Balaban J connectivity index is 2.06. The van der Waals surface area contributed by atoms with E-state index in [0.717, 1.165) is 12.4 Å². The van der Waals surface area contributed by atoms with Gasteiger partial charge in [0.2, 0.25) is 0 Å². The fourth-order valence-electron chi connectivity index (χ4n) is 1.53. The molecule has 2 aromatic heterocycles. The van der Waals surface area contributed by atoms with Crippen molar-refractivity contribution in [1.29, 1.82) is 0 Å². The van der Waals surface area contributed by atoms with Crippen molar-refractivity contribution in [2.45, 2.75) is 17.6 Å². The van der Waals surface area contributed by atoms with Gasteiger partial charge in [0.15, 0.2) is 5.69 Å². The smallest absolute Gasteiger partial charge is 0.274 e. The highest BCUT2D eigenvalue weighted by atomic mass is 32.2. The third-order valence-corrected chi connectivity index (χ3v) is 3.80. The van der Waals surface area contributed by atoms with Crippen LogP contribution in [0, 0.1) is 0 Å². The van der Waals surface area contributed by atoms with E-state index in [0.29, 0.717) is 10.7 Å². The lowest BCUT2D eigenvalue weighted by atomic mass is 10.4. The van der Waals surface area contributed by atoms with Crippen LogP contribution >= 0.6 is 0 Å². The van der Waals surface area contributed by atoms with E-state index in [1.807, 2.05) is 0 Å². The van der Waals surface area contributed by atoms with Crippen LogP contribution in [0.4, 0.5) is 13.2 Å². The molecular weight excluding hydrogens is 327 g/mol. The second kappa shape index (κ2) is 5.44. The molecule has 1 N–H and O–H groups in total. The molecule has 0 aromatic carbocycles. The summed E-state index contributed by atoms with van der Waals surface area (Å²) in [4.78, 5) is 11.4. The molecule has 2 rings (SSSR count). The number of hydrogen-bond acceptors (Lipinski definition) is 5. The number of rotatable bonds is 4. The van der Waals surface area contributed by atoms with Gasteiger partial charge in [0.1, 0.15) is 11.4 Å². The summed E-state index contributed by atoms with van der Waals surface area (Å²) in [5.74, 6) is -1.03. The number of nitrogens with zero attached hydrogens (tertiary/aromatic N) is 4. The van der Waals surface area contributed by atoms with E-state index in [9.17, 15) is 26.4 Å². The quantitative estimate of drug-likeness (QED) is 0.856. The molecule has 0 saturated carbocycles. The van der Waals surface area contributed by atoms with Crippen molar-refractivity contribution in [3.05, 3.63) is 30.4 Å². The number of hydrogen-bond donors (Lipinski definition) is 1. The van der Waals surface area contributed by atoms with Gasteiger partial charge in [-0.25, -0.2) is 13.1 Å². The van der Waals surface area contributed by atoms with Gasteiger partial charge in [-0.3, -0.25) is 14.2 Å². The minimum absolute atomic E-state index is 0.236. The highest BCUT2D eigenvalue weighted by molar-refractivity contribution is 7.90. The van der Waals surface area contributed by atoms with Gasteiger partial charge in [0.05, 0.1) is 6.20 Å². The summed E-state index contributed by atoms with van der Waals surface area (Å²) in [6.45, 7) is -0.671. The maximum absolute atomic E-state index is 12.4.